The first kappa shape index (κ1) is 18.5. The molecule has 2 aliphatic rings. The standard InChI is InChI=1S/C20H29N5O/c21-16-24-20(25-13-4-1-5-14-25)23-12-6-11-22-15-18-10-9-17-7-2-3-8-19(17)26-18/h2-3,7-8,18,22H,1,4-6,9-15H2,(H,23,24). The monoisotopic (exact) mass is 355 g/mol. The van der Waals surface area contributed by atoms with Crippen LogP contribution in [0.25, 0.3) is 0 Å². The van der Waals surface area contributed by atoms with E-state index in [4.69, 9.17) is 10.00 Å². The summed E-state index contributed by atoms with van der Waals surface area (Å²) in [7, 11) is 0. The minimum Gasteiger partial charge on any atom is -0.489 e. The number of hydrogen-bond acceptors (Lipinski definition) is 4. The van der Waals surface area contributed by atoms with E-state index in [0.29, 0.717) is 0 Å². The molecule has 0 spiro atoms. The maximum Gasteiger partial charge on any atom is 0.209 e. The van der Waals surface area contributed by atoms with Gasteiger partial charge in [0.05, 0.1) is 0 Å². The van der Waals surface area contributed by atoms with E-state index >= 15 is 0 Å². The van der Waals surface area contributed by atoms with Crippen molar-refractivity contribution in [2.75, 3.05) is 32.7 Å². The minimum atomic E-state index is 0.252. The van der Waals surface area contributed by atoms with Gasteiger partial charge in [-0.05, 0) is 56.7 Å². The van der Waals surface area contributed by atoms with E-state index in [-0.39, 0.29) is 6.10 Å². The van der Waals surface area contributed by atoms with E-state index < -0.39 is 0 Å². The maximum atomic E-state index is 8.89. The Morgan fingerprint density at radius 1 is 1.23 bits per heavy atom. The molecule has 0 aliphatic carbocycles. The molecule has 1 atom stereocenters. The second-order valence-electron chi connectivity index (χ2n) is 6.95. The second kappa shape index (κ2) is 10.0. The zero-order chi connectivity index (χ0) is 18.0. The lowest BCUT2D eigenvalue weighted by Crippen LogP contribution is -2.44. The number of piperidine rings is 1. The number of fused-ring (bicyclic) bond motifs is 1. The zero-order valence-electron chi connectivity index (χ0n) is 15.4. The topological polar surface area (TPSA) is 72.7 Å². The van der Waals surface area contributed by atoms with Crippen LogP contribution in [0.15, 0.2) is 29.3 Å². The molecule has 6 heteroatoms. The molecule has 1 unspecified atom stereocenters. The number of aryl methyl sites for hydroxylation is 1. The predicted octanol–water partition coefficient (Wildman–Crippen LogP) is 2.27. The first-order chi connectivity index (χ1) is 12.9. The smallest absolute Gasteiger partial charge is 0.209 e. The van der Waals surface area contributed by atoms with E-state index in [0.717, 1.165) is 63.7 Å². The molecule has 0 amide bonds. The van der Waals surface area contributed by atoms with Gasteiger partial charge in [-0.2, -0.15) is 5.26 Å². The Labute approximate surface area is 156 Å². The molecule has 3 rings (SSSR count). The van der Waals surface area contributed by atoms with Crippen LogP contribution >= 0.6 is 0 Å². The Kier molecular flexibility index (Phi) is 7.15. The van der Waals surface area contributed by atoms with E-state index in [1.807, 2.05) is 12.3 Å². The lowest BCUT2D eigenvalue weighted by molar-refractivity contribution is 0.170. The normalized spacial score (nSPS) is 20.0. The third kappa shape index (κ3) is 5.37. The molecule has 2 aliphatic heterocycles. The Morgan fingerprint density at radius 3 is 2.92 bits per heavy atom. The van der Waals surface area contributed by atoms with Gasteiger partial charge in [0.25, 0.3) is 0 Å². The summed E-state index contributed by atoms with van der Waals surface area (Å²) in [6, 6.07) is 8.31. The summed E-state index contributed by atoms with van der Waals surface area (Å²) >= 11 is 0. The fourth-order valence-corrected chi connectivity index (χ4v) is 3.58. The number of nitriles is 1. The third-order valence-corrected chi connectivity index (χ3v) is 5.00. The van der Waals surface area contributed by atoms with Gasteiger partial charge in [0, 0.05) is 26.2 Å². The Bertz CT molecular complexity index is 633. The summed E-state index contributed by atoms with van der Waals surface area (Å²) in [6.45, 7) is 4.60. The lowest BCUT2D eigenvalue weighted by Gasteiger charge is -2.29. The van der Waals surface area contributed by atoms with Crippen molar-refractivity contribution in [2.45, 2.75) is 44.6 Å². The van der Waals surface area contributed by atoms with Crippen LogP contribution in [0.5, 0.6) is 5.75 Å². The number of likely N-dealkylation sites (tertiary alicyclic amines) is 1. The van der Waals surface area contributed by atoms with Gasteiger partial charge in [0.2, 0.25) is 12.2 Å². The van der Waals surface area contributed by atoms with Crippen LogP contribution in [0.1, 0.15) is 37.7 Å². The highest BCUT2D eigenvalue weighted by Crippen LogP contribution is 2.26. The summed E-state index contributed by atoms with van der Waals surface area (Å²) in [5.74, 6) is 1.77. The molecular formula is C20H29N5O. The minimum absolute atomic E-state index is 0.252. The van der Waals surface area contributed by atoms with Gasteiger partial charge < -0.3 is 20.3 Å². The number of hydrogen-bond donors (Lipinski definition) is 2. The van der Waals surface area contributed by atoms with Gasteiger partial charge in [0.1, 0.15) is 11.9 Å². The van der Waals surface area contributed by atoms with Crippen LogP contribution < -0.4 is 15.4 Å². The zero-order valence-corrected chi connectivity index (χ0v) is 15.4. The number of aliphatic imine (C=N–C) groups is 1. The van der Waals surface area contributed by atoms with Crippen molar-refractivity contribution in [1.29, 1.82) is 5.26 Å². The fraction of sp³-hybridized carbons (Fsp3) is 0.600. The number of para-hydroxylation sites is 1. The lowest BCUT2D eigenvalue weighted by atomic mass is 10.0. The Hall–Kier alpha value is -2.26. The van der Waals surface area contributed by atoms with Crippen molar-refractivity contribution in [3.05, 3.63) is 29.8 Å². The molecule has 1 aromatic rings. The number of rotatable bonds is 6. The molecule has 2 heterocycles. The van der Waals surface area contributed by atoms with Crippen molar-refractivity contribution in [3.8, 4) is 11.9 Å². The van der Waals surface area contributed by atoms with Crippen molar-refractivity contribution < 1.29 is 4.74 Å². The molecule has 1 fully saturated rings. The van der Waals surface area contributed by atoms with E-state index in [9.17, 15) is 0 Å². The van der Waals surface area contributed by atoms with Crippen LogP contribution in [-0.2, 0) is 6.42 Å². The van der Waals surface area contributed by atoms with E-state index in [2.05, 4.69) is 38.7 Å². The second-order valence-corrected chi connectivity index (χ2v) is 6.95. The van der Waals surface area contributed by atoms with Gasteiger partial charge in [-0.1, -0.05) is 18.2 Å². The molecule has 0 bridgehead atoms. The highest BCUT2D eigenvalue weighted by atomic mass is 16.5. The van der Waals surface area contributed by atoms with Gasteiger partial charge in [-0.15, -0.1) is 4.99 Å². The predicted molar refractivity (Wildman–Crippen MR) is 103 cm³/mol. The van der Waals surface area contributed by atoms with Crippen molar-refractivity contribution in [1.82, 2.24) is 15.5 Å². The molecule has 0 saturated carbocycles. The van der Waals surface area contributed by atoms with Crippen LogP contribution in [0.2, 0.25) is 0 Å². The average Bonchev–Trinajstić information content (AvgIpc) is 2.70. The first-order valence-corrected chi connectivity index (χ1v) is 9.77. The Morgan fingerprint density at radius 2 is 2.08 bits per heavy atom. The SMILES string of the molecule is N#CN=C(NCCCNCC1CCc2ccccc2O1)N1CCCCC1. The summed E-state index contributed by atoms with van der Waals surface area (Å²) < 4.78 is 6.05. The molecular weight excluding hydrogens is 326 g/mol. The highest BCUT2D eigenvalue weighted by Gasteiger charge is 2.18. The van der Waals surface area contributed by atoms with Crippen molar-refractivity contribution >= 4 is 5.96 Å². The van der Waals surface area contributed by atoms with Gasteiger partial charge in [-0.25, -0.2) is 0 Å². The number of ether oxygens (including phenoxy) is 1. The largest absolute Gasteiger partial charge is 0.489 e. The summed E-state index contributed by atoms with van der Waals surface area (Å²) in [5.41, 5.74) is 1.31. The molecule has 140 valence electrons. The van der Waals surface area contributed by atoms with Gasteiger partial charge in [-0.3, -0.25) is 0 Å². The summed E-state index contributed by atoms with van der Waals surface area (Å²) in [6.07, 6.45) is 8.95. The highest BCUT2D eigenvalue weighted by molar-refractivity contribution is 5.80. The van der Waals surface area contributed by atoms with Crippen LogP contribution in [0.4, 0.5) is 0 Å². The van der Waals surface area contributed by atoms with Crippen LogP contribution in [-0.4, -0.2) is 49.7 Å². The van der Waals surface area contributed by atoms with Gasteiger partial charge >= 0.3 is 0 Å². The quantitative estimate of drug-likeness (QED) is 0.354. The molecule has 0 radical (unpaired) electrons. The van der Waals surface area contributed by atoms with Crippen molar-refractivity contribution in [3.63, 3.8) is 0 Å². The molecule has 1 saturated heterocycles. The first-order valence-electron chi connectivity index (χ1n) is 9.77. The fourth-order valence-electron chi connectivity index (χ4n) is 3.58. The van der Waals surface area contributed by atoms with Crippen molar-refractivity contribution in [2.24, 2.45) is 4.99 Å². The average molecular weight is 355 g/mol. The van der Waals surface area contributed by atoms with Crippen LogP contribution in [0, 0.1) is 11.5 Å². The molecule has 26 heavy (non-hydrogen) atoms. The third-order valence-electron chi connectivity index (χ3n) is 5.00. The molecule has 2 N–H and O–H groups in total. The number of nitrogens with one attached hydrogen (secondary N) is 2. The number of benzene rings is 1. The number of nitrogens with zero attached hydrogens (tertiary/aromatic N) is 3. The number of guanidine groups is 1. The van der Waals surface area contributed by atoms with E-state index in [1.165, 1.54) is 24.8 Å². The van der Waals surface area contributed by atoms with Crippen LogP contribution in [0.3, 0.4) is 0 Å². The molecule has 0 aromatic heterocycles. The summed E-state index contributed by atoms with van der Waals surface area (Å²) in [5, 5.41) is 15.7. The Balaban J connectivity index is 1.31. The van der Waals surface area contributed by atoms with Gasteiger partial charge in [0.15, 0.2) is 0 Å². The maximum absolute atomic E-state index is 8.89. The molecule has 1 aromatic carbocycles. The summed E-state index contributed by atoms with van der Waals surface area (Å²) in [4.78, 5) is 6.14. The molecule has 6 nitrogen and oxygen atoms in total. The van der Waals surface area contributed by atoms with E-state index in [1.54, 1.807) is 0 Å².